The molecule has 4 unspecified atom stereocenters. The molecule has 0 aliphatic heterocycles. The average Bonchev–Trinajstić information content (AvgIpc) is 2.74. The third-order valence-electron chi connectivity index (χ3n) is 3.81. The molecule has 1 heterocycles. The van der Waals surface area contributed by atoms with Gasteiger partial charge in [0.25, 0.3) is 0 Å². The highest BCUT2D eigenvalue weighted by Crippen LogP contribution is 2.32. The molecule has 7 nitrogen and oxygen atoms in total. The first-order valence-electron chi connectivity index (χ1n) is 6.79. The molecule has 0 bridgehead atoms. The molecule has 1 aromatic heterocycles. The summed E-state index contributed by atoms with van der Waals surface area (Å²) in [5.41, 5.74) is 5.48. The molecule has 1 fully saturated rings. The molecule has 0 saturated heterocycles. The summed E-state index contributed by atoms with van der Waals surface area (Å²) >= 11 is 0. The minimum Gasteiger partial charge on any atom is -0.390 e. The van der Waals surface area contributed by atoms with Crippen LogP contribution in [0.5, 0.6) is 0 Å². The first kappa shape index (κ1) is 15.2. The molecule has 112 valence electrons. The van der Waals surface area contributed by atoms with Crippen molar-refractivity contribution in [2.75, 3.05) is 5.32 Å². The largest absolute Gasteiger partial charge is 0.390 e. The number of primary amides is 1. The number of anilines is 1. The first-order chi connectivity index (χ1) is 10.0. The van der Waals surface area contributed by atoms with Gasteiger partial charge in [-0.15, -0.1) is 0 Å². The molecule has 0 aromatic carbocycles. The van der Waals surface area contributed by atoms with E-state index in [1.165, 1.54) is 0 Å². The number of pyridine rings is 1. The number of hydrogen-bond donors (Lipinski definition) is 4. The Labute approximate surface area is 122 Å². The van der Waals surface area contributed by atoms with E-state index in [2.05, 4.69) is 10.3 Å². The Kier molecular flexibility index (Phi) is 4.73. The second kappa shape index (κ2) is 6.52. The van der Waals surface area contributed by atoms with Gasteiger partial charge in [-0.2, -0.15) is 5.26 Å². The Bertz CT molecular complexity index is 557. The lowest BCUT2D eigenvalue weighted by molar-refractivity contribution is -0.118. The second-order valence-corrected chi connectivity index (χ2v) is 5.24. The fourth-order valence-corrected chi connectivity index (χ4v) is 2.67. The Balaban J connectivity index is 2.04. The Hall–Kier alpha value is -2.17. The minimum absolute atomic E-state index is 0.175. The van der Waals surface area contributed by atoms with Gasteiger partial charge in [-0.3, -0.25) is 4.79 Å². The molecule has 1 aliphatic rings. The normalized spacial score (nSPS) is 28.0. The summed E-state index contributed by atoms with van der Waals surface area (Å²) in [6, 6.07) is 4.87. The number of nitriles is 1. The van der Waals surface area contributed by atoms with Gasteiger partial charge in [-0.1, -0.05) is 0 Å². The molecular formula is C14H18N4O3. The van der Waals surface area contributed by atoms with Crippen molar-refractivity contribution in [3.05, 3.63) is 23.9 Å². The molecule has 4 atom stereocenters. The quantitative estimate of drug-likeness (QED) is 0.590. The van der Waals surface area contributed by atoms with E-state index < -0.39 is 24.2 Å². The standard InChI is InChI=1S/C14H18N4O3/c15-7-9-2-1-5-17-14(9)18-10-6-8(3-4-11(16)19)12(20)13(10)21/h1-2,5,8,10,12-13,20-21H,3-4,6H2,(H2,16,19)(H,17,18). The fourth-order valence-electron chi connectivity index (χ4n) is 2.67. The number of hydrogen-bond acceptors (Lipinski definition) is 6. The molecule has 21 heavy (non-hydrogen) atoms. The first-order valence-corrected chi connectivity index (χ1v) is 6.79. The summed E-state index contributed by atoms with van der Waals surface area (Å²) < 4.78 is 0. The van der Waals surface area contributed by atoms with Crippen LogP contribution in [0.2, 0.25) is 0 Å². The summed E-state index contributed by atoms with van der Waals surface area (Å²) in [4.78, 5) is 14.9. The van der Waals surface area contributed by atoms with E-state index in [0.29, 0.717) is 24.2 Å². The summed E-state index contributed by atoms with van der Waals surface area (Å²) in [5.74, 6) is -0.254. The smallest absolute Gasteiger partial charge is 0.217 e. The van der Waals surface area contributed by atoms with Crippen LogP contribution in [0.3, 0.4) is 0 Å². The third-order valence-corrected chi connectivity index (χ3v) is 3.81. The zero-order valence-corrected chi connectivity index (χ0v) is 11.4. The van der Waals surface area contributed by atoms with E-state index >= 15 is 0 Å². The zero-order valence-electron chi connectivity index (χ0n) is 11.4. The molecule has 0 spiro atoms. The summed E-state index contributed by atoms with van der Waals surface area (Å²) in [6.07, 6.45) is 0.739. The number of aromatic nitrogens is 1. The summed E-state index contributed by atoms with van der Waals surface area (Å²) in [7, 11) is 0. The maximum Gasteiger partial charge on any atom is 0.217 e. The number of aliphatic hydroxyl groups excluding tert-OH is 2. The highest BCUT2D eigenvalue weighted by atomic mass is 16.3. The molecule has 5 N–H and O–H groups in total. The molecule has 1 amide bonds. The van der Waals surface area contributed by atoms with Crippen molar-refractivity contribution in [2.45, 2.75) is 37.5 Å². The number of nitrogens with two attached hydrogens (primary N) is 1. The van der Waals surface area contributed by atoms with E-state index in [9.17, 15) is 15.0 Å². The van der Waals surface area contributed by atoms with E-state index in [0.717, 1.165) is 0 Å². The monoisotopic (exact) mass is 290 g/mol. The number of nitrogens with zero attached hydrogens (tertiary/aromatic N) is 2. The lowest BCUT2D eigenvalue weighted by Gasteiger charge is -2.19. The number of rotatable bonds is 5. The molecule has 1 aliphatic carbocycles. The Morgan fingerprint density at radius 1 is 1.52 bits per heavy atom. The van der Waals surface area contributed by atoms with Gasteiger partial charge in [0.15, 0.2) is 0 Å². The maximum absolute atomic E-state index is 10.8. The van der Waals surface area contributed by atoms with Crippen molar-refractivity contribution < 1.29 is 15.0 Å². The van der Waals surface area contributed by atoms with Crippen LogP contribution in [0.25, 0.3) is 0 Å². The van der Waals surface area contributed by atoms with Crippen molar-refractivity contribution >= 4 is 11.7 Å². The van der Waals surface area contributed by atoms with Crippen LogP contribution in [-0.4, -0.2) is 39.4 Å². The minimum atomic E-state index is -0.976. The van der Waals surface area contributed by atoms with Gasteiger partial charge >= 0.3 is 0 Å². The van der Waals surface area contributed by atoms with Crippen LogP contribution in [0.4, 0.5) is 5.82 Å². The van der Waals surface area contributed by atoms with E-state index in [1.54, 1.807) is 18.3 Å². The Morgan fingerprint density at radius 3 is 2.95 bits per heavy atom. The van der Waals surface area contributed by atoms with Crippen molar-refractivity contribution in [1.82, 2.24) is 4.98 Å². The predicted molar refractivity (Wildman–Crippen MR) is 74.9 cm³/mol. The van der Waals surface area contributed by atoms with E-state index in [1.807, 2.05) is 6.07 Å². The van der Waals surface area contributed by atoms with E-state index in [-0.39, 0.29) is 12.3 Å². The number of aliphatic hydroxyl groups is 2. The van der Waals surface area contributed by atoms with Crippen molar-refractivity contribution in [3.63, 3.8) is 0 Å². The maximum atomic E-state index is 10.8. The van der Waals surface area contributed by atoms with E-state index in [4.69, 9.17) is 11.0 Å². The van der Waals surface area contributed by atoms with Gasteiger partial charge in [-0.25, -0.2) is 4.98 Å². The van der Waals surface area contributed by atoms with Crippen molar-refractivity contribution in [1.29, 1.82) is 5.26 Å². The van der Waals surface area contributed by atoms with Crippen LogP contribution < -0.4 is 11.1 Å². The van der Waals surface area contributed by atoms with Crippen molar-refractivity contribution in [2.24, 2.45) is 11.7 Å². The molecule has 7 heteroatoms. The van der Waals surface area contributed by atoms with Gasteiger partial charge in [0, 0.05) is 12.6 Å². The second-order valence-electron chi connectivity index (χ2n) is 5.24. The van der Waals surface area contributed by atoms with Crippen LogP contribution in [0.15, 0.2) is 18.3 Å². The van der Waals surface area contributed by atoms with Crippen LogP contribution >= 0.6 is 0 Å². The molecular weight excluding hydrogens is 272 g/mol. The lowest BCUT2D eigenvalue weighted by atomic mass is 9.99. The van der Waals surface area contributed by atoms with Gasteiger partial charge in [-0.05, 0) is 30.9 Å². The van der Waals surface area contributed by atoms with Crippen LogP contribution in [0.1, 0.15) is 24.8 Å². The molecule has 0 radical (unpaired) electrons. The SMILES string of the molecule is N#Cc1cccnc1NC1CC(CCC(N)=O)C(O)C1O. The predicted octanol–water partition coefficient (Wildman–Crippen LogP) is -0.259. The number of amides is 1. The van der Waals surface area contributed by atoms with Crippen LogP contribution in [-0.2, 0) is 4.79 Å². The third kappa shape index (κ3) is 3.48. The topological polar surface area (TPSA) is 132 Å². The molecule has 2 rings (SSSR count). The highest BCUT2D eigenvalue weighted by Gasteiger charge is 2.41. The number of nitrogens with one attached hydrogen (secondary N) is 1. The Morgan fingerprint density at radius 2 is 2.29 bits per heavy atom. The highest BCUT2D eigenvalue weighted by molar-refractivity contribution is 5.73. The fraction of sp³-hybridized carbons (Fsp3) is 0.500. The average molecular weight is 290 g/mol. The van der Waals surface area contributed by atoms with Crippen LogP contribution in [0, 0.1) is 17.2 Å². The number of carbonyl (C=O) groups excluding carboxylic acids is 1. The summed E-state index contributed by atoms with van der Waals surface area (Å²) in [5, 5.41) is 32.1. The molecule has 1 saturated carbocycles. The van der Waals surface area contributed by atoms with Crippen molar-refractivity contribution in [3.8, 4) is 6.07 Å². The molecule has 1 aromatic rings. The lowest BCUT2D eigenvalue weighted by Crippen LogP contribution is -2.35. The van der Waals surface area contributed by atoms with Gasteiger partial charge in [0.1, 0.15) is 18.0 Å². The van der Waals surface area contributed by atoms with Gasteiger partial charge in [0.2, 0.25) is 5.91 Å². The van der Waals surface area contributed by atoms with Gasteiger partial charge < -0.3 is 21.3 Å². The zero-order chi connectivity index (χ0) is 15.4. The summed E-state index contributed by atoms with van der Waals surface area (Å²) in [6.45, 7) is 0. The number of carbonyl (C=O) groups is 1. The van der Waals surface area contributed by atoms with Gasteiger partial charge in [0.05, 0.1) is 17.7 Å².